The lowest BCUT2D eigenvalue weighted by atomic mass is 10.2. The molecule has 18 heavy (non-hydrogen) atoms. The van der Waals surface area contributed by atoms with Gasteiger partial charge in [-0.1, -0.05) is 0 Å². The molecule has 1 aromatic heterocycles. The number of hydrogen-bond donors (Lipinski definition) is 1. The van der Waals surface area contributed by atoms with Gasteiger partial charge in [-0.15, -0.1) is 0 Å². The molecule has 0 aliphatic carbocycles. The van der Waals surface area contributed by atoms with Crippen molar-refractivity contribution < 1.29 is 4.79 Å². The molecule has 2 rings (SSSR count). The Balaban J connectivity index is 2.14. The maximum absolute atomic E-state index is 11.9. The molecule has 0 unspecified atom stereocenters. The second-order valence-corrected chi connectivity index (χ2v) is 3.86. The monoisotopic (exact) mass is 237 g/mol. The molecule has 0 saturated heterocycles. The smallest absolute Gasteiger partial charge is 0.274 e. The average molecular weight is 237 g/mol. The number of rotatable bonds is 2. The predicted molar refractivity (Wildman–Crippen MR) is 68.1 cm³/mol. The van der Waals surface area contributed by atoms with E-state index in [1.807, 2.05) is 19.1 Å². The van der Waals surface area contributed by atoms with Crippen LogP contribution in [0.5, 0.6) is 0 Å². The van der Waals surface area contributed by atoms with E-state index in [1.165, 1.54) is 0 Å². The number of carbonyl (C=O) groups excluding carboxylic acids is 1. The third kappa shape index (κ3) is 2.71. The van der Waals surface area contributed by atoms with Gasteiger partial charge in [0.25, 0.3) is 5.91 Å². The summed E-state index contributed by atoms with van der Waals surface area (Å²) in [5.74, 6) is -0.261. The fraction of sp³-hybridized carbons (Fsp3) is 0.0714. The molecule has 1 heterocycles. The molecule has 0 aliphatic rings. The third-order valence-electron chi connectivity index (χ3n) is 2.42. The van der Waals surface area contributed by atoms with E-state index in [2.05, 4.69) is 10.3 Å². The minimum Gasteiger partial charge on any atom is -0.321 e. The number of nitriles is 1. The van der Waals surface area contributed by atoms with Crippen molar-refractivity contribution in [1.82, 2.24) is 4.98 Å². The summed E-state index contributed by atoms with van der Waals surface area (Å²) in [5.41, 5.74) is 2.55. The van der Waals surface area contributed by atoms with Crippen LogP contribution in [-0.4, -0.2) is 10.9 Å². The summed E-state index contributed by atoms with van der Waals surface area (Å²) in [4.78, 5) is 15.9. The zero-order valence-electron chi connectivity index (χ0n) is 9.84. The molecular formula is C14H11N3O. The topological polar surface area (TPSA) is 65.8 Å². The van der Waals surface area contributed by atoms with Crippen LogP contribution in [0.1, 0.15) is 21.6 Å². The second kappa shape index (κ2) is 5.11. The Morgan fingerprint density at radius 1 is 1.28 bits per heavy atom. The highest BCUT2D eigenvalue weighted by Crippen LogP contribution is 2.10. The van der Waals surface area contributed by atoms with Crippen molar-refractivity contribution in [2.45, 2.75) is 6.92 Å². The van der Waals surface area contributed by atoms with Crippen LogP contribution >= 0.6 is 0 Å². The van der Waals surface area contributed by atoms with Crippen molar-refractivity contribution in [3.8, 4) is 6.07 Å². The molecule has 0 bridgehead atoms. The van der Waals surface area contributed by atoms with Gasteiger partial charge in [-0.25, -0.2) is 0 Å². The van der Waals surface area contributed by atoms with Crippen LogP contribution in [0.3, 0.4) is 0 Å². The number of pyridine rings is 1. The summed E-state index contributed by atoms with van der Waals surface area (Å²) in [5, 5.41) is 11.4. The van der Waals surface area contributed by atoms with Gasteiger partial charge in [-0.3, -0.25) is 9.78 Å². The summed E-state index contributed by atoms with van der Waals surface area (Å²) < 4.78 is 0. The first-order valence-corrected chi connectivity index (χ1v) is 5.43. The number of nitrogens with one attached hydrogen (secondary N) is 1. The molecule has 0 aliphatic heterocycles. The largest absolute Gasteiger partial charge is 0.321 e. The highest BCUT2D eigenvalue weighted by molar-refractivity contribution is 6.02. The predicted octanol–water partition coefficient (Wildman–Crippen LogP) is 2.51. The van der Waals surface area contributed by atoms with Crippen molar-refractivity contribution >= 4 is 11.6 Å². The molecule has 0 spiro atoms. The van der Waals surface area contributed by atoms with Crippen LogP contribution in [0.4, 0.5) is 5.69 Å². The van der Waals surface area contributed by atoms with E-state index in [9.17, 15) is 4.79 Å². The Hall–Kier alpha value is -2.67. The van der Waals surface area contributed by atoms with Crippen LogP contribution < -0.4 is 5.32 Å². The molecule has 4 heteroatoms. The number of aromatic nitrogens is 1. The first-order chi connectivity index (χ1) is 8.69. The standard InChI is InChI=1S/C14H11N3O/c1-10-6-7-16-13(8-10)14(18)17-12-4-2-11(9-15)3-5-12/h2-8H,1H3,(H,17,18). The second-order valence-electron chi connectivity index (χ2n) is 3.86. The lowest BCUT2D eigenvalue weighted by Gasteiger charge is -2.04. The van der Waals surface area contributed by atoms with E-state index in [1.54, 1.807) is 36.5 Å². The van der Waals surface area contributed by atoms with Crippen molar-refractivity contribution in [3.05, 3.63) is 59.4 Å². The molecule has 0 saturated carbocycles. The molecule has 0 radical (unpaired) electrons. The van der Waals surface area contributed by atoms with Crippen LogP contribution in [0.15, 0.2) is 42.6 Å². The highest BCUT2D eigenvalue weighted by Gasteiger charge is 2.07. The Morgan fingerprint density at radius 3 is 2.61 bits per heavy atom. The van der Waals surface area contributed by atoms with E-state index in [0.717, 1.165) is 5.56 Å². The van der Waals surface area contributed by atoms with E-state index in [-0.39, 0.29) is 5.91 Å². The maximum Gasteiger partial charge on any atom is 0.274 e. The number of carbonyl (C=O) groups is 1. The van der Waals surface area contributed by atoms with Crippen molar-refractivity contribution in [3.63, 3.8) is 0 Å². The van der Waals surface area contributed by atoms with Gasteiger partial charge in [-0.2, -0.15) is 5.26 Å². The van der Waals surface area contributed by atoms with E-state index in [4.69, 9.17) is 5.26 Å². The minimum absolute atomic E-state index is 0.261. The first kappa shape index (κ1) is 11.8. The normalized spacial score (nSPS) is 9.56. The van der Waals surface area contributed by atoms with Crippen LogP contribution in [-0.2, 0) is 0 Å². The van der Waals surface area contributed by atoms with E-state index >= 15 is 0 Å². The molecule has 1 aromatic carbocycles. The van der Waals surface area contributed by atoms with E-state index < -0.39 is 0 Å². The van der Waals surface area contributed by atoms with Crippen LogP contribution in [0.25, 0.3) is 0 Å². The fourth-order valence-electron chi connectivity index (χ4n) is 1.48. The summed E-state index contributed by atoms with van der Waals surface area (Å²) in [6.07, 6.45) is 1.60. The van der Waals surface area contributed by atoms with Crippen molar-refractivity contribution in [2.75, 3.05) is 5.32 Å². The third-order valence-corrected chi connectivity index (χ3v) is 2.42. The minimum atomic E-state index is -0.261. The molecule has 2 aromatic rings. The molecule has 4 nitrogen and oxygen atoms in total. The molecular weight excluding hydrogens is 226 g/mol. The Bertz CT molecular complexity index is 612. The average Bonchev–Trinajstić information content (AvgIpc) is 2.39. The van der Waals surface area contributed by atoms with Gasteiger partial charge in [0.15, 0.2) is 0 Å². The van der Waals surface area contributed by atoms with Crippen LogP contribution in [0, 0.1) is 18.3 Å². The molecule has 0 atom stereocenters. The van der Waals surface area contributed by atoms with Gasteiger partial charge < -0.3 is 5.32 Å². The SMILES string of the molecule is Cc1ccnc(C(=O)Nc2ccc(C#N)cc2)c1. The maximum atomic E-state index is 11.9. The van der Waals surface area contributed by atoms with Gasteiger partial charge >= 0.3 is 0 Å². The lowest BCUT2D eigenvalue weighted by Crippen LogP contribution is -2.13. The molecule has 1 amide bonds. The van der Waals surface area contributed by atoms with Crippen LogP contribution in [0.2, 0.25) is 0 Å². The molecule has 1 N–H and O–H groups in total. The number of anilines is 1. The number of amides is 1. The summed E-state index contributed by atoms with van der Waals surface area (Å²) >= 11 is 0. The van der Waals surface area contributed by atoms with E-state index in [0.29, 0.717) is 16.9 Å². The van der Waals surface area contributed by atoms with Crippen molar-refractivity contribution in [1.29, 1.82) is 5.26 Å². The Kier molecular flexibility index (Phi) is 3.35. The number of hydrogen-bond acceptors (Lipinski definition) is 3. The van der Waals surface area contributed by atoms with Gasteiger partial charge in [-0.05, 0) is 48.9 Å². The number of aryl methyl sites for hydroxylation is 1. The molecule has 0 fully saturated rings. The molecule has 88 valence electrons. The number of benzene rings is 1. The first-order valence-electron chi connectivity index (χ1n) is 5.43. The quantitative estimate of drug-likeness (QED) is 0.872. The fourth-order valence-corrected chi connectivity index (χ4v) is 1.48. The number of nitrogens with zero attached hydrogens (tertiary/aromatic N) is 2. The van der Waals surface area contributed by atoms with Gasteiger partial charge in [0, 0.05) is 11.9 Å². The van der Waals surface area contributed by atoms with Gasteiger partial charge in [0.05, 0.1) is 11.6 Å². The zero-order chi connectivity index (χ0) is 13.0. The Morgan fingerprint density at radius 2 is 2.00 bits per heavy atom. The van der Waals surface area contributed by atoms with Gasteiger partial charge in [0.1, 0.15) is 5.69 Å². The zero-order valence-corrected chi connectivity index (χ0v) is 9.84. The summed E-state index contributed by atoms with van der Waals surface area (Å²) in [7, 11) is 0. The van der Waals surface area contributed by atoms with Gasteiger partial charge in [0.2, 0.25) is 0 Å². The summed E-state index contributed by atoms with van der Waals surface area (Å²) in [6, 6.07) is 12.3. The highest BCUT2D eigenvalue weighted by atomic mass is 16.1. The van der Waals surface area contributed by atoms with Crippen molar-refractivity contribution in [2.24, 2.45) is 0 Å². The lowest BCUT2D eigenvalue weighted by molar-refractivity contribution is 0.102. The Labute approximate surface area is 105 Å². The summed E-state index contributed by atoms with van der Waals surface area (Å²) in [6.45, 7) is 1.90.